The molecule has 2 aromatic rings. The first-order chi connectivity index (χ1) is 10.6. The summed E-state index contributed by atoms with van der Waals surface area (Å²) in [5, 5.41) is 3.42. The number of carbonyl (C=O) groups is 1. The van der Waals surface area contributed by atoms with Crippen LogP contribution in [-0.2, 0) is 16.1 Å². The summed E-state index contributed by atoms with van der Waals surface area (Å²) in [5.74, 6) is -0.0329. The first kappa shape index (κ1) is 16.9. The molecule has 0 aromatic heterocycles. The van der Waals surface area contributed by atoms with Gasteiger partial charge in [0.1, 0.15) is 0 Å². The lowest BCUT2D eigenvalue weighted by Gasteiger charge is -2.13. The van der Waals surface area contributed by atoms with E-state index in [2.05, 4.69) is 5.32 Å². The maximum absolute atomic E-state index is 12.3. The number of hydrogen-bond acceptors (Lipinski definition) is 3. The monoisotopic (exact) mass is 335 g/mol. The predicted molar refractivity (Wildman–Crippen MR) is 92.6 cm³/mol. The largest absolute Gasteiger partial charge is 0.380 e. The number of hydrogen-bond donors (Lipinski definition) is 1. The van der Waals surface area contributed by atoms with Crippen LogP contribution >= 0.6 is 23.4 Å². The summed E-state index contributed by atoms with van der Waals surface area (Å²) in [6, 6.07) is 15.1. The third kappa shape index (κ3) is 5.05. The SMILES string of the molecule is COCc1cccc(NC(=O)C(C)Sc2ccc(Cl)cc2)c1. The van der Waals surface area contributed by atoms with Crippen molar-refractivity contribution in [3.8, 4) is 0 Å². The second-order valence-corrected chi connectivity index (χ2v) is 6.69. The van der Waals surface area contributed by atoms with Gasteiger partial charge in [-0.1, -0.05) is 23.7 Å². The highest BCUT2D eigenvalue weighted by molar-refractivity contribution is 8.00. The summed E-state index contributed by atoms with van der Waals surface area (Å²) in [7, 11) is 1.65. The topological polar surface area (TPSA) is 38.3 Å². The van der Waals surface area contributed by atoms with E-state index in [9.17, 15) is 4.79 Å². The van der Waals surface area contributed by atoms with Crippen LogP contribution in [0.4, 0.5) is 5.69 Å². The molecule has 0 saturated heterocycles. The summed E-state index contributed by atoms with van der Waals surface area (Å²) < 4.78 is 5.10. The first-order valence-electron chi connectivity index (χ1n) is 6.89. The summed E-state index contributed by atoms with van der Waals surface area (Å²) in [4.78, 5) is 13.3. The van der Waals surface area contributed by atoms with Crippen LogP contribution < -0.4 is 5.32 Å². The first-order valence-corrected chi connectivity index (χ1v) is 8.15. The highest BCUT2D eigenvalue weighted by Gasteiger charge is 2.14. The minimum atomic E-state index is -0.202. The van der Waals surface area contributed by atoms with E-state index in [1.54, 1.807) is 7.11 Å². The van der Waals surface area contributed by atoms with E-state index in [1.807, 2.05) is 55.5 Å². The molecule has 0 fully saturated rings. The maximum atomic E-state index is 12.3. The van der Waals surface area contributed by atoms with Crippen LogP contribution in [0.15, 0.2) is 53.4 Å². The van der Waals surface area contributed by atoms with Gasteiger partial charge in [-0.05, 0) is 48.9 Å². The summed E-state index contributed by atoms with van der Waals surface area (Å²) in [6.45, 7) is 2.41. The van der Waals surface area contributed by atoms with Crippen LogP contribution in [0.1, 0.15) is 12.5 Å². The van der Waals surface area contributed by atoms with E-state index in [1.165, 1.54) is 11.8 Å². The van der Waals surface area contributed by atoms with Crippen molar-refractivity contribution in [1.29, 1.82) is 0 Å². The summed E-state index contributed by atoms with van der Waals surface area (Å²) in [6.07, 6.45) is 0. The predicted octanol–water partition coefficient (Wildman–Crippen LogP) is 4.61. The number of anilines is 1. The Morgan fingerprint density at radius 3 is 2.68 bits per heavy atom. The standard InChI is InChI=1S/C17H18ClNO2S/c1-12(22-16-8-6-14(18)7-9-16)17(20)19-15-5-3-4-13(10-15)11-21-2/h3-10,12H,11H2,1-2H3,(H,19,20). The van der Waals surface area contributed by atoms with Crippen LogP contribution in [0.5, 0.6) is 0 Å². The molecular formula is C17H18ClNO2S. The Balaban J connectivity index is 1.96. The van der Waals surface area contributed by atoms with Crippen LogP contribution in [0.3, 0.4) is 0 Å². The van der Waals surface area contributed by atoms with Gasteiger partial charge in [0.25, 0.3) is 0 Å². The number of rotatable bonds is 6. The number of methoxy groups -OCH3 is 1. The molecule has 0 saturated carbocycles. The Morgan fingerprint density at radius 1 is 1.27 bits per heavy atom. The van der Waals surface area contributed by atoms with Gasteiger partial charge >= 0.3 is 0 Å². The number of ether oxygens (including phenoxy) is 1. The second-order valence-electron chi connectivity index (χ2n) is 4.84. The van der Waals surface area contributed by atoms with Gasteiger partial charge in [0.05, 0.1) is 11.9 Å². The van der Waals surface area contributed by atoms with Crippen LogP contribution in [0.25, 0.3) is 0 Å². The van der Waals surface area contributed by atoms with Gasteiger partial charge in [-0.15, -0.1) is 11.8 Å². The van der Waals surface area contributed by atoms with Crippen molar-refractivity contribution in [1.82, 2.24) is 0 Å². The Bertz CT molecular complexity index is 631. The van der Waals surface area contributed by atoms with Gasteiger partial charge in [0, 0.05) is 22.7 Å². The van der Waals surface area contributed by atoms with Crippen molar-refractivity contribution in [2.24, 2.45) is 0 Å². The number of halogens is 1. The minimum Gasteiger partial charge on any atom is -0.380 e. The molecule has 2 rings (SSSR count). The van der Waals surface area contributed by atoms with Gasteiger partial charge in [-0.25, -0.2) is 0 Å². The molecule has 0 aliphatic carbocycles. The third-order valence-electron chi connectivity index (χ3n) is 3.00. The van der Waals surface area contributed by atoms with E-state index in [-0.39, 0.29) is 11.2 Å². The number of thioether (sulfide) groups is 1. The van der Waals surface area contributed by atoms with Crippen molar-refractivity contribution >= 4 is 35.0 Å². The van der Waals surface area contributed by atoms with Gasteiger partial charge in [0.2, 0.25) is 5.91 Å². The molecule has 0 aliphatic heterocycles. The Hall–Kier alpha value is -1.49. The molecule has 1 atom stereocenters. The maximum Gasteiger partial charge on any atom is 0.237 e. The van der Waals surface area contributed by atoms with E-state index < -0.39 is 0 Å². The molecular weight excluding hydrogens is 318 g/mol. The third-order valence-corrected chi connectivity index (χ3v) is 4.37. The molecule has 2 aromatic carbocycles. The average molecular weight is 336 g/mol. The summed E-state index contributed by atoms with van der Waals surface area (Å²) >= 11 is 7.36. The van der Waals surface area contributed by atoms with Crippen molar-refractivity contribution in [2.75, 3.05) is 12.4 Å². The second kappa shape index (κ2) is 8.22. The number of benzene rings is 2. The fourth-order valence-corrected chi connectivity index (χ4v) is 2.91. The van der Waals surface area contributed by atoms with Gasteiger partial charge in [-0.3, -0.25) is 4.79 Å². The number of nitrogens with one attached hydrogen (secondary N) is 1. The van der Waals surface area contributed by atoms with E-state index in [0.29, 0.717) is 11.6 Å². The lowest BCUT2D eigenvalue weighted by atomic mass is 10.2. The zero-order chi connectivity index (χ0) is 15.9. The number of amides is 1. The van der Waals surface area contributed by atoms with Crippen molar-refractivity contribution in [3.63, 3.8) is 0 Å². The molecule has 1 N–H and O–H groups in total. The summed E-state index contributed by atoms with van der Waals surface area (Å²) in [5.41, 5.74) is 1.81. The normalized spacial score (nSPS) is 12.0. The molecule has 5 heteroatoms. The fourth-order valence-electron chi connectivity index (χ4n) is 1.92. The highest BCUT2D eigenvalue weighted by atomic mass is 35.5. The van der Waals surface area contributed by atoms with E-state index >= 15 is 0 Å². The smallest absolute Gasteiger partial charge is 0.237 e. The molecule has 0 bridgehead atoms. The van der Waals surface area contributed by atoms with Crippen molar-refractivity contribution < 1.29 is 9.53 Å². The Morgan fingerprint density at radius 2 is 2.00 bits per heavy atom. The van der Waals surface area contributed by atoms with Crippen LogP contribution in [-0.4, -0.2) is 18.3 Å². The Labute approximate surface area is 140 Å². The molecule has 116 valence electrons. The quantitative estimate of drug-likeness (QED) is 0.784. The van der Waals surface area contributed by atoms with E-state index in [0.717, 1.165) is 16.1 Å². The molecule has 22 heavy (non-hydrogen) atoms. The lowest BCUT2D eigenvalue weighted by Crippen LogP contribution is -2.22. The van der Waals surface area contributed by atoms with Crippen molar-refractivity contribution in [2.45, 2.75) is 23.7 Å². The van der Waals surface area contributed by atoms with Gasteiger partial charge < -0.3 is 10.1 Å². The molecule has 0 spiro atoms. The van der Waals surface area contributed by atoms with Crippen molar-refractivity contribution in [3.05, 3.63) is 59.1 Å². The lowest BCUT2D eigenvalue weighted by molar-refractivity contribution is -0.115. The van der Waals surface area contributed by atoms with Gasteiger partial charge in [-0.2, -0.15) is 0 Å². The molecule has 0 radical (unpaired) electrons. The minimum absolute atomic E-state index is 0.0329. The van der Waals surface area contributed by atoms with E-state index in [4.69, 9.17) is 16.3 Å². The van der Waals surface area contributed by atoms with Gasteiger partial charge in [0.15, 0.2) is 0 Å². The highest BCUT2D eigenvalue weighted by Crippen LogP contribution is 2.25. The zero-order valence-electron chi connectivity index (χ0n) is 12.5. The molecule has 3 nitrogen and oxygen atoms in total. The molecule has 1 amide bonds. The molecule has 0 heterocycles. The number of carbonyl (C=O) groups excluding carboxylic acids is 1. The molecule has 1 unspecified atom stereocenters. The average Bonchev–Trinajstić information content (AvgIpc) is 2.50. The Kier molecular flexibility index (Phi) is 6.31. The fraction of sp³-hybridized carbons (Fsp3) is 0.235. The molecule has 0 aliphatic rings. The van der Waals surface area contributed by atoms with Crippen LogP contribution in [0.2, 0.25) is 5.02 Å². The van der Waals surface area contributed by atoms with Crippen LogP contribution in [0, 0.1) is 0 Å². The zero-order valence-corrected chi connectivity index (χ0v) is 14.1.